The van der Waals surface area contributed by atoms with Crippen LogP contribution in [0.2, 0.25) is 0 Å². The second-order valence-electron chi connectivity index (χ2n) is 13.3. The van der Waals surface area contributed by atoms with Gasteiger partial charge in [-0.25, -0.2) is 9.97 Å². The third-order valence-electron chi connectivity index (χ3n) is 10.7. The molecule has 3 heteroatoms. The van der Waals surface area contributed by atoms with Crippen molar-refractivity contribution in [3.8, 4) is 56.2 Å². The minimum atomic E-state index is -0.534. The van der Waals surface area contributed by atoms with Crippen molar-refractivity contribution in [3.63, 3.8) is 0 Å². The van der Waals surface area contributed by atoms with Crippen molar-refractivity contribution in [2.75, 3.05) is 0 Å². The summed E-state index contributed by atoms with van der Waals surface area (Å²) in [6, 6.07) is 60.4. The number of benzene rings is 7. The van der Waals surface area contributed by atoms with Crippen molar-refractivity contribution in [2.45, 2.75) is 5.41 Å². The van der Waals surface area contributed by atoms with Gasteiger partial charge in [-0.15, -0.1) is 0 Å². The normalized spacial score (nSPS) is 15.3. The van der Waals surface area contributed by atoms with Crippen LogP contribution in [0.25, 0.3) is 78.1 Å². The van der Waals surface area contributed by atoms with Crippen molar-refractivity contribution in [3.05, 3.63) is 192 Å². The second kappa shape index (κ2) is 10.2. The van der Waals surface area contributed by atoms with Crippen LogP contribution in [0.5, 0.6) is 0 Å². The van der Waals surface area contributed by atoms with Crippen molar-refractivity contribution in [1.29, 1.82) is 0 Å². The van der Waals surface area contributed by atoms with Crippen LogP contribution in [-0.2, 0) is 5.41 Å². The summed E-state index contributed by atoms with van der Waals surface area (Å²) < 4.78 is 6.69. The first kappa shape index (κ1) is 27.4. The zero-order chi connectivity index (χ0) is 32.8. The Bertz CT molecular complexity index is 2810. The fourth-order valence-electron chi connectivity index (χ4n) is 8.61. The molecule has 9 aromatic rings. The van der Waals surface area contributed by atoms with E-state index in [1.54, 1.807) is 0 Å². The van der Waals surface area contributed by atoms with Gasteiger partial charge in [-0.2, -0.15) is 0 Å². The molecule has 2 aliphatic rings. The van der Waals surface area contributed by atoms with E-state index in [0.717, 1.165) is 50.0 Å². The van der Waals surface area contributed by atoms with Gasteiger partial charge in [0.25, 0.3) is 0 Å². The largest absolute Gasteiger partial charge is 0.456 e. The molecule has 1 unspecified atom stereocenters. The van der Waals surface area contributed by atoms with Gasteiger partial charge in [0.05, 0.1) is 16.6 Å². The maximum absolute atomic E-state index is 6.69. The van der Waals surface area contributed by atoms with Crippen LogP contribution < -0.4 is 0 Å². The van der Waals surface area contributed by atoms with Gasteiger partial charge < -0.3 is 4.42 Å². The first-order chi connectivity index (χ1) is 24.8. The Hall–Kier alpha value is -6.58. The highest BCUT2D eigenvalue weighted by atomic mass is 16.3. The number of para-hydroxylation sites is 2. The van der Waals surface area contributed by atoms with Crippen LogP contribution in [0.4, 0.5) is 0 Å². The van der Waals surface area contributed by atoms with Gasteiger partial charge in [-0.3, -0.25) is 0 Å². The van der Waals surface area contributed by atoms with Crippen molar-refractivity contribution >= 4 is 21.9 Å². The third-order valence-corrected chi connectivity index (χ3v) is 10.7. The average Bonchev–Trinajstić information content (AvgIpc) is 3.81. The number of fused-ring (bicyclic) bond motifs is 13. The minimum absolute atomic E-state index is 0.534. The lowest BCUT2D eigenvalue weighted by Gasteiger charge is -2.30. The summed E-state index contributed by atoms with van der Waals surface area (Å²) in [5.74, 6) is 1.67. The maximum Gasteiger partial charge on any atom is 0.160 e. The quantitative estimate of drug-likeness (QED) is 0.194. The van der Waals surface area contributed by atoms with Crippen LogP contribution in [-0.4, -0.2) is 9.97 Å². The number of aromatic nitrogens is 2. The highest BCUT2D eigenvalue weighted by Gasteiger charge is 2.54. The highest BCUT2D eigenvalue weighted by molar-refractivity contribution is 6.02. The Labute approximate surface area is 289 Å². The predicted molar refractivity (Wildman–Crippen MR) is 202 cm³/mol. The predicted octanol–water partition coefficient (Wildman–Crippen LogP) is 11.7. The second-order valence-corrected chi connectivity index (χ2v) is 13.3. The first-order valence-electron chi connectivity index (χ1n) is 17.1. The summed E-state index contributed by atoms with van der Waals surface area (Å²) in [5, 5.41) is 2.18. The van der Waals surface area contributed by atoms with Crippen LogP contribution in [0, 0.1) is 0 Å². The summed E-state index contributed by atoms with van der Waals surface area (Å²) in [6.45, 7) is 0. The van der Waals surface area contributed by atoms with Gasteiger partial charge in [-0.1, -0.05) is 152 Å². The lowest BCUT2D eigenvalue weighted by atomic mass is 9.70. The molecular formula is C47H28N2O. The van der Waals surface area contributed by atoms with Crippen molar-refractivity contribution in [1.82, 2.24) is 9.97 Å². The molecule has 0 radical (unpaired) electrons. The van der Waals surface area contributed by atoms with Gasteiger partial charge in [0.1, 0.15) is 11.3 Å². The molecule has 0 aliphatic heterocycles. The fraction of sp³-hybridized carbons (Fsp3) is 0.0213. The number of furan rings is 1. The zero-order valence-electron chi connectivity index (χ0n) is 27.0. The summed E-state index contributed by atoms with van der Waals surface area (Å²) in [6.07, 6.45) is 0. The fourth-order valence-corrected chi connectivity index (χ4v) is 8.61. The number of rotatable bonds is 3. The minimum Gasteiger partial charge on any atom is -0.456 e. The molecule has 0 saturated heterocycles. The third kappa shape index (κ3) is 3.64. The SMILES string of the molecule is c1ccc(-c2ccc(-c3nc(-c4ccc5c(c4)C4(c6ccccc6-5)c5ccccc5-c5oc6ccccc6c54)nc4ccccc34)cc2)cc1. The smallest absolute Gasteiger partial charge is 0.160 e. The summed E-state index contributed by atoms with van der Waals surface area (Å²) >= 11 is 0. The van der Waals surface area contributed by atoms with E-state index >= 15 is 0 Å². The Balaban J connectivity index is 1.15. The molecule has 0 amide bonds. The van der Waals surface area contributed by atoms with E-state index in [2.05, 4.69) is 164 Å². The van der Waals surface area contributed by atoms with Gasteiger partial charge in [0.2, 0.25) is 0 Å². The van der Waals surface area contributed by atoms with E-state index in [0.29, 0.717) is 5.82 Å². The molecule has 50 heavy (non-hydrogen) atoms. The van der Waals surface area contributed by atoms with Crippen molar-refractivity contribution in [2.24, 2.45) is 0 Å². The van der Waals surface area contributed by atoms with Gasteiger partial charge in [0, 0.05) is 33.0 Å². The Morgan fingerprint density at radius 3 is 1.86 bits per heavy atom. The molecule has 2 heterocycles. The molecule has 3 nitrogen and oxygen atoms in total. The Morgan fingerprint density at radius 2 is 1.02 bits per heavy atom. The average molecular weight is 637 g/mol. The standard InChI is InChI=1S/C47H28N2O/c1-2-12-29(13-3-1)30-22-24-31(25-23-30)44-36-16-6-10-20-41(36)48-46(49-44)32-26-27-34-33-14-4-8-18-38(33)47(40(34)28-32)39-19-9-5-15-35(39)45-43(47)37-17-7-11-21-42(37)50-45/h1-28H. The molecular weight excluding hydrogens is 609 g/mol. The molecule has 0 fully saturated rings. The van der Waals surface area contributed by atoms with E-state index in [4.69, 9.17) is 14.4 Å². The molecule has 2 aliphatic carbocycles. The van der Waals surface area contributed by atoms with Crippen LogP contribution in [0.3, 0.4) is 0 Å². The van der Waals surface area contributed by atoms with Gasteiger partial charge in [-0.05, 0) is 57.1 Å². The zero-order valence-corrected chi connectivity index (χ0v) is 27.0. The van der Waals surface area contributed by atoms with E-state index in [9.17, 15) is 0 Å². The van der Waals surface area contributed by atoms with E-state index in [1.807, 2.05) is 6.07 Å². The summed E-state index contributed by atoms with van der Waals surface area (Å²) in [7, 11) is 0. The monoisotopic (exact) mass is 636 g/mol. The molecule has 2 aromatic heterocycles. The topological polar surface area (TPSA) is 38.9 Å². The number of hydrogen-bond acceptors (Lipinski definition) is 3. The molecule has 11 rings (SSSR count). The molecule has 1 atom stereocenters. The number of nitrogens with zero attached hydrogens (tertiary/aromatic N) is 2. The first-order valence-corrected chi connectivity index (χ1v) is 17.1. The lowest BCUT2D eigenvalue weighted by Crippen LogP contribution is -2.25. The van der Waals surface area contributed by atoms with E-state index in [-0.39, 0.29) is 0 Å². The Kier molecular flexibility index (Phi) is 5.59. The molecule has 0 N–H and O–H groups in total. The molecule has 0 saturated carbocycles. The van der Waals surface area contributed by atoms with E-state index in [1.165, 1.54) is 44.5 Å². The molecule has 0 bridgehead atoms. The number of hydrogen-bond donors (Lipinski definition) is 0. The lowest BCUT2D eigenvalue weighted by molar-refractivity contribution is 0.628. The van der Waals surface area contributed by atoms with Crippen molar-refractivity contribution < 1.29 is 4.42 Å². The van der Waals surface area contributed by atoms with Crippen LogP contribution in [0.1, 0.15) is 22.3 Å². The molecule has 7 aromatic carbocycles. The molecule has 1 spiro atoms. The van der Waals surface area contributed by atoms with Gasteiger partial charge in [0.15, 0.2) is 5.82 Å². The Morgan fingerprint density at radius 1 is 0.420 bits per heavy atom. The molecule has 232 valence electrons. The maximum atomic E-state index is 6.69. The van der Waals surface area contributed by atoms with Crippen LogP contribution in [0.15, 0.2) is 174 Å². The van der Waals surface area contributed by atoms with E-state index < -0.39 is 5.41 Å². The summed E-state index contributed by atoms with van der Waals surface area (Å²) in [4.78, 5) is 10.5. The van der Waals surface area contributed by atoms with Crippen LogP contribution >= 0.6 is 0 Å². The summed E-state index contributed by atoms with van der Waals surface area (Å²) in [5.41, 5.74) is 15.3. The highest BCUT2D eigenvalue weighted by Crippen LogP contribution is 2.65. The van der Waals surface area contributed by atoms with Gasteiger partial charge >= 0.3 is 0 Å².